The number of aliphatic carboxylic acids is 3. The molecular weight excluding hydrogens is 1360 g/mol. The molecule has 0 bridgehead atoms. The number of amides is 6. The van der Waals surface area contributed by atoms with Gasteiger partial charge < -0.3 is 55.9 Å². The van der Waals surface area contributed by atoms with Crippen LogP contribution in [0.4, 0.5) is 8.78 Å². The lowest BCUT2D eigenvalue weighted by Crippen LogP contribution is -2.59. The van der Waals surface area contributed by atoms with Crippen molar-refractivity contribution in [2.75, 3.05) is 163 Å². The highest BCUT2D eigenvalue weighted by Crippen LogP contribution is 2.31. The summed E-state index contributed by atoms with van der Waals surface area (Å²) in [6, 6.07) is 11.1. The highest BCUT2D eigenvalue weighted by atomic mass is 127. The van der Waals surface area contributed by atoms with E-state index in [-0.39, 0.29) is 115 Å². The van der Waals surface area contributed by atoms with Gasteiger partial charge in [-0.25, -0.2) is 8.78 Å². The minimum Gasteiger partial charge on any atom is -0.494 e. The maximum atomic E-state index is 14.5. The number of halogens is 3. The number of nitrogens with zero attached hydrogens (tertiary/aromatic N) is 9. The van der Waals surface area contributed by atoms with E-state index in [0.29, 0.717) is 74.3 Å². The molecule has 3 aliphatic rings. The van der Waals surface area contributed by atoms with E-state index in [2.05, 4.69) is 58.7 Å². The second-order valence-electron chi connectivity index (χ2n) is 23.2. The number of aromatic nitrogens is 1. The van der Waals surface area contributed by atoms with E-state index in [1.807, 2.05) is 24.3 Å². The van der Waals surface area contributed by atoms with Crippen molar-refractivity contribution >= 4 is 111 Å². The van der Waals surface area contributed by atoms with E-state index in [0.717, 1.165) is 27.6 Å². The molecule has 516 valence electrons. The summed E-state index contributed by atoms with van der Waals surface area (Å²) >= 11 is 3.49. The molecule has 3 saturated heterocycles. The number of carbonyl (C=O) groups is 10. The van der Waals surface area contributed by atoms with E-state index < -0.39 is 103 Å². The molecule has 32 heteroatoms. The largest absolute Gasteiger partial charge is 0.494 e. The Labute approximate surface area is 562 Å². The van der Waals surface area contributed by atoms with Gasteiger partial charge in [0.2, 0.25) is 29.5 Å². The van der Waals surface area contributed by atoms with E-state index in [1.54, 1.807) is 42.7 Å². The van der Waals surface area contributed by atoms with Gasteiger partial charge in [-0.3, -0.25) is 82.4 Å². The third-order valence-corrected chi connectivity index (χ3v) is 17.8. The molecule has 7 N–H and O–H groups in total. The molecule has 1 aromatic heterocycles. The second-order valence-corrected chi connectivity index (χ2v) is 25.5. The van der Waals surface area contributed by atoms with E-state index in [4.69, 9.17) is 9.47 Å². The molecule has 28 nitrogen and oxygen atoms in total. The van der Waals surface area contributed by atoms with Crippen LogP contribution in [0.15, 0.2) is 59.7 Å². The van der Waals surface area contributed by atoms with Crippen molar-refractivity contribution in [1.29, 1.82) is 0 Å². The van der Waals surface area contributed by atoms with Crippen LogP contribution in [0, 0.1) is 3.57 Å². The maximum Gasteiger partial charge on any atom is 0.317 e. The number of methoxy groups -OCH3 is 1. The SMILES string of the molecule is C/N=C/[C@H]1CC(F)(F)CN1C(=O)CNC(=O)c1ccnc2ccc(OCCCCN3CCN(C(=O)[C@H](CC(=O)OC)NC(=O)[C@H](CSCCNC(=O)CCCc4ccc(I)cc4)NC(=O)CN4CCN(CC(=O)O)CCN(CC(=O)O)CCN(CC(=O)O)CC4)CC3)cc12. The van der Waals surface area contributed by atoms with Gasteiger partial charge in [-0.15, -0.1) is 0 Å². The van der Waals surface area contributed by atoms with Crippen LogP contribution in [0.1, 0.15) is 54.4 Å². The smallest absolute Gasteiger partial charge is 0.317 e. The Balaban J connectivity index is 1.04. The van der Waals surface area contributed by atoms with Crippen molar-refractivity contribution in [2.24, 2.45) is 4.99 Å². The fourth-order valence-corrected chi connectivity index (χ4v) is 12.3. The van der Waals surface area contributed by atoms with Crippen molar-refractivity contribution in [3.05, 3.63) is 69.4 Å². The standard InChI is InChI=1S/C62H86F2IN13O15S/c1-66-35-45-34-62(63,64)42-78(45)54(81)36-69-59(89)47-14-15-67-49-13-12-46(32-48(47)49)93-30-4-3-17-72-26-28-77(29-27-72)61(91)50(33-58(88)92-2)71-60(90)51(41-94-31-16-68-52(79)7-5-6-43-8-10-44(65)11-9-43)70-53(80)37-73-18-20-74(38-55(82)83)22-24-76(40-57(86)87)25-23-75(21-19-73)39-56(84)85/h8-15,32,35,45,50-51H,3-7,16-31,33-34,36-42H2,1-2H3,(H,68,79)(H,69,89)(H,70,80)(H,71,90)(H,82,83)(H,84,85)(H,86,87)/b66-35+/t45-,50+,51+/m1/s1. The van der Waals surface area contributed by atoms with Gasteiger partial charge in [0.05, 0.1) is 76.5 Å². The first kappa shape index (κ1) is 75.8. The molecule has 0 spiro atoms. The monoisotopic (exact) mass is 1450 g/mol. The second kappa shape index (κ2) is 39.0. The molecule has 94 heavy (non-hydrogen) atoms. The number of likely N-dealkylation sites (tertiary alicyclic amines) is 1. The topological polar surface area (TPSA) is 346 Å². The van der Waals surface area contributed by atoms with E-state index >= 15 is 0 Å². The summed E-state index contributed by atoms with van der Waals surface area (Å²) in [5.74, 6) is -9.74. The predicted octanol–water partition coefficient (Wildman–Crippen LogP) is 0.690. The van der Waals surface area contributed by atoms with Crippen molar-refractivity contribution in [3.63, 3.8) is 0 Å². The molecule has 6 amide bonds. The number of esters is 1. The average molecular weight is 1450 g/mol. The number of benzene rings is 2. The van der Waals surface area contributed by atoms with Gasteiger partial charge in [-0.1, -0.05) is 12.1 Å². The van der Waals surface area contributed by atoms with Crippen LogP contribution in [0.2, 0.25) is 0 Å². The number of ether oxygens (including phenoxy) is 2. The Morgan fingerprint density at radius 1 is 0.745 bits per heavy atom. The highest BCUT2D eigenvalue weighted by Gasteiger charge is 2.46. The summed E-state index contributed by atoms with van der Waals surface area (Å²) < 4.78 is 40.5. The zero-order valence-electron chi connectivity index (χ0n) is 53.0. The molecule has 0 saturated carbocycles. The fraction of sp³-hybridized carbons (Fsp3) is 0.581. The number of aryl methyl sites for hydroxylation is 1. The zero-order chi connectivity index (χ0) is 68.2. The number of rotatable bonds is 33. The average Bonchev–Trinajstić information content (AvgIpc) is 1.20. The number of unbranched alkanes of at least 4 members (excludes halogenated alkanes) is 1. The number of hydrogen-bond donors (Lipinski definition) is 7. The third-order valence-electron chi connectivity index (χ3n) is 16.0. The van der Waals surface area contributed by atoms with Gasteiger partial charge in [-0.05, 0) is 96.8 Å². The van der Waals surface area contributed by atoms with Gasteiger partial charge in [0.15, 0.2) is 0 Å². The Kier molecular flexibility index (Phi) is 31.4. The molecule has 4 heterocycles. The van der Waals surface area contributed by atoms with Crippen LogP contribution in [-0.4, -0.2) is 307 Å². The number of carboxylic acid groups (broad SMARTS) is 3. The molecule has 2 aromatic carbocycles. The number of pyridine rings is 1. The molecule has 0 aliphatic carbocycles. The highest BCUT2D eigenvalue weighted by molar-refractivity contribution is 14.1. The number of piperazine rings is 1. The summed E-state index contributed by atoms with van der Waals surface area (Å²) in [5, 5.41) is 40.4. The Bertz CT molecular complexity index is 3060. The lowest BCUT2D eigenvalue weighted by atomic mass is 10.1. The van der Waals surface area contributed by atoms with Crippen molar-refractivity contribution in [2.45, 2.75) is 69.0 Å². The Morgan fingerprint density at radius 3 is 1.95 bits per heavy atom. The summed E-state index contributed by atoms with van der Waals surface area (Å²) in [6.07, 6.45) is 4.68. The first-order valence-electron chi connectivity index (χ1n) is 31.2. The molecule has 3 fully saturated rings. The maximum absolute atomic E-state index is 14.5. The lowest BCUT2D eigenvalue weighted by Gasteiger charge is -2.36. The summed E-state index contributed by atoms with van der Waals surface area (Å²) in [6.45, 7) is 1.23. The van der Waals surface area contributed by atoms with E-state index in [1.165, 1.54) is 37.3 Å². The number of hydrogen-bond acceptors (Lipinski definition) is 20. The van der Waals surface area contributed by atoms with Gasteiger partial charge in [0.25, 0.3) is 11.8 Å². The number of aliphatic imine (C=N–C) groups is 1. The van der Waals surface area contributed by atoms with Gasteiger partial charge in [-0.2, -0.15) is 11.8 Å². The first-order valence-corrected chi connectivity index (χ1v) is 33.4. The summed E-state index contributed by atoms with van der Waals surface area (Å²) in [7, 11) is 2.59. The van der Waals surface area contributed by atoms with Crippen LogP contribution in [0.5, 0.6) is 5.75 Å². The van der Waals surface area contributed by atoms with Crippen LogP contribution in [0.25, 0.3) is 10.9 Å². The number of nitrogens with one attached hydrogen (secondary N) is 4. The summed E-state index contributed by atoms with van der Waals surface area (Å²) in [4.78, 5) is 150. The molecular formula is C62H86F2IN13O15S. The third kappa shape index (κ3) is 26.5. The van der Waals surface area contributed by atoms with Crippen LogP contribution >= 0.6 is 34.4 Å². The van der Waals surface area contributed by atoms with Crippen LogP contribution in [-0.2, 0) is 54.3 Å². The zero-order valence-corrected chi connectivity index (χ0v) is 56.0. The normalized spacial score (nSPS) is 17.9. The van der Waals surface area contributed by atoms with E-state index in [9.17, 15) is 72.0 Å². The molecule has 6 rings (SSSR count). The van der Waals surface area contributed by atoms with Crippen molar-refractivity contribution < 1.29 is 81.5 Å². The van der Waals surface area contributed by atoms with Crippen LogP contribution in [0.3, 0.4) is 0 Å². The van der Waals surface area contributed by atoms with Crippen LogP contribution < -0.4 is 26.0 Å². The predicted molar refractivity (Wildman–Crippen MR) is 353 cm³/mol. The minimum atomic E-state index is -3.07. The van der Waals surface area contributed by atoms with Gasteiger partial charge in [0.1, 0.15) is 17.8 Å². The summed E-state index contributed by atoms with van der Waals surface area (Å²) in [5.41, 5.74) is 1.83. The minimum absolute atomic E-state index is 0.0233. The number of carboxylic acids is 3. The molecule has 0 unspecified atom stereocenters. The first-order chi connectivity index (χ1) is 45.0. The Morgan fingerprint density at radius 2 is 1.35 bits per heavy atom. The quantitative estimate of drug-likeness (QED) is 0.0191. The Hall–Kier alpha value is -7.24. The molecule has 3 aromatic rings. The molecule has 0 radical (unpaired) electrons. The number of thioether (sulfide) groups is 1. The number of carbonyl (C=O) groups excluding carboxylic acids is 7. The molecule has 3 aliphatic heterocycles. The molecule has 3 atom stereocenters. The lowest BCUT2D eigenvalue weighted by molar-refractivity contribution is -0.147. The van der Waals surface area contributed by atoms with Crippen molar-refractivity contribution in [3.8, 4) is 5.75 Å². The van der Waals surface area contributed by atoms with Crippen molar-refractivity contribution in [1.82, 2.24) is 60.6 Å². The van der Waals surface area contributed by atoms with Gasteiger partial charge in [0, 0.05) is 138 Å². The number of alkyl halides is 2. The van der Waals surface area contributed by atoms with Gasteiger partial charge >= 0.3 is 23.9 Å². The number of fused-ring (bicyclic) bond motifs is 1. The fourth-order valence-electron chi connectivity index (χ4n) is 11.0.